The quantitative estimate of drug-likeness (QED) is 0.519. The summed E-state index contributed by atoms with van der Waals surface area (Å²) >= 11 is 0. The third kappa shape index (κ3) is 3.74. The summed E-state index contributed by atoms with van der Waals surface area (Å²) in [6.07, 6.45) is 14.7. The first kappa shape index (κ1) is 18.2. The molecule has 0 spiro atoms. The maximum atomic E-state index is 13.5. The molecule has 1 saturated carbocycles. The monoisotopic (exact) mass is 384 g/mol. The fourth-order valence-electron chi connectivity index (χ4n) is 5.16. The van der Waals surface area contributed by atoms with E-state index in [9.17, 15) is 4.39 Å². The highest BCUT2D eigenvalue weighted by Crippen LogP contribution is 2.47. The topological polar surface area (TPSA) is 25.8 Å². The van der Waals surface area contributed by atoms with Crippen molar-refractivity contribution in [3.05, 3.63) is 89.8 Å². The van der Waals surface area contributed by atoms with Crippen molar-refractivity contribution in [2.24, 2.45) is 11.8 Å². The van der Waals surface area contributed by atoms with Crippen LogP contribution >= 0.6 is 0 Å². The maximum absolute atomic E-state index is 13.5. The van der Waals surface area contributed by atoms with E-state index in [-0.39, 0.29) is 5.82 Å². The van der Waals surface area contributed by atoms with Gasteiger partial charge in [0.15, 0.2) is 0 Å². The van der Waals surface area contributed by atoms with Crippen molar-refractivity contribution in [3.8, 4) is 11.1 Å². The Kier molecular flexibility index (Phi) is 4.97. The third-order valence-electron chi connectivity index (χ3n) is 6.59. The van der Waals surface area contributed by atoms with Gasteiger partial charge in [0.25, 0.3) is 0 Å². The molecule has 2 nitrogen and oxygen atoms in total. The van der Waals surface area contributed by atoms with Gasteiger partial charge in [0, 0.05) is 29.6 Å². The summed E-state index contributed by atoms with van der Waals surface area (Å²) < 4.78 is 13.5. The van der Waals surface area contributed by atoms with Gasteiger partial charge in [-0.2, -0.15) is 0 Å². The average molecular weight is 384 g/mol. The molecule has 0 N–H and O–H groups in total. The van der Waals surface area contributed by atoms with Gasteiger partial charge in [0.1, 0.15) is 5.82 Å². The zero-order valence-electron chi connectivity index (χ0n) is 16.5. The summed E-state index contributed by atoms with van der Waals surface area (Å²) in [6, 6.07) is 15.0. The molecule has 3 atom stereocenters. The van der Waals surface area contributed by atoms with Crippen molar-refractivity contribution in [1.82, 2.24) is 9.97 Å². The molecule has 0 amide bonds. The SMILES string of the molecule is Fc1cccc(-c2ccc(/C=C/C3c4cccnc4CC4CCCCC43)nc2)c1. The lowest BCUT2D eigenvalue weighted by atomic mass is 9.64. The molecule has 2 heterocycles. The molecule has 3 aromatic rings. The van der Waals surface area contributed by atoms with Crippen molar-refractivity contribution in [2.45, 2.75) is 38.0 Å². The number of aromatic nitrogens is 2. The molecule has 3 heteroatoms. The van der Waals surface area contributed by atoms with Gasteiger partial charge < -0.3 is 0 Å². The molecule has 0 radical (unpaired) electrons. The minimum absolute atomic E-state index is 0.224. The van der Waals surface area contributed by atoms with E-state index < -0.39 is 0 Å². The number of nitrogens with zero attached hydrogens (tertiary/aromatic N) is 2. The number of fused-ring (bicyclic) bond motifs is 2. The lowest BCUT2D eigenvalue weighted by Crippen LogP contribution is -2.32. The standard InChI is InChI=1S/C26H25FN2/c27-21-7-3-6-18(15-21)20-10-11-22(29-17-20)12-13-24-23-8-2-1-5-19(23)16-26-25(24)9-4-14-28-26/h3-4,6-7,9-15,17,19,23-24H,1-2,5,8,16H2/b13-12+. The summed E-state index contributed by atoms with van der Waals surface area (Å²) in [5, 5.41) is 0. The molecule has 1 fully saturated rings. The molecule has 3 unspecified atom stereocenters. The largest absolute Gasteiger partial charge is 0.261 e. The van der Waals surface area contributed by atoms with Gasteiger partial charge in [-0.1, -0.05) is 43.2 Å². The van der Waals surface area contributed by atoms with Crippen LogP contribution in [0.1, 0.15) is 48.6 Å². The first-order valence-corrected chi connectivity index (χ1v) is 10.6. The van der Waals surface area contributed by atoms with Gasteiger partial charge >= 0.3 is 0 Å². The van der Waals surface area contributed by atoms with Gasteiger partial charge in [-0.25, -0.2) is 4.39 Å². The molecule has 2 aliphatic rings. The van der Waals surface area contributed by atoms with Crippen LogP contribution in [0.15, 0.2) is 67.0 Å². The van der Waals surface area contributed by atoms with E-state index in [1.165, 1.54) is 43.0 Å². The molecule has 29 heavy (non-hydrogen) atoms. The Labute approximate surface area is 171 Å². The molecule has 0 aliphatic heterocycles. The highest BCUT2D eigenvalue weighted by atomic mass is 19.1. The normalized spacial score (nSPS) is 23.6. The van der Waals surface area contributed by atoms with Crippen molar-refractivity contribution in [2.75, 3.05) is 0 Å². The molecule has 146 valence electrons. The van der Waals surface area contributed by atoms with Crippen LogP contribution in [0, 0.1) is 17.7 Å². The minimum Gasteiger partial charge on any atom is -0.261 e. The van der Waals surface area contributed by atoms with E-state index in [0.29, 0.717) is 11.8 Å². The Morgan fingerprint density at radius 1 is 0.931 bits per heavy atom. The first-order chi connectivity index (χ1) is 14.3. The molecule has 0 bridgehead atoms. The van der Waals surface area contributed by atoms with E-state index in [1.807, 2.05) is 30.6 Å². The summed E-state index contributed by atoms with van der Waals surface area (Å²) in [5.41, 5.74) is 5.39. The van der Waals surface area contributed by atoms with Gasteiger partial charge in [0.2, 0.25) is 0 Å². The number of rotatable bonds is 3. The summed E-state index contributed by atoms with van der Waals surface area (Å²) in [6.45, 7) is 0. The zero-order chi connectivity index (χ0) is 19.6. The second-order valence-corrected chi connectivity index (χ2v) is 8.32. The van der Waals surface area contributed by atoms with Crippen molar-refractivity contribution < 1.29 is 4.39 Å². The van der Waals surface area contributed by atoms with Crippen LogP contribution in [0.25, 0.3) is 17.2 Å². The second-order valence-electron chi connectivity index (χ2n) is 8.32. The Bertz CT molecular complexity index is 1020. The zero-order valence-corrected chi connectivity index (χ0v) is 16.5. The Morgan fingerprint density at radius 3 is 2.72 bits per heavy atom. The number of benzene rings is 1. The molecular weight excluding hydrogens is 359 g/mol. The van der Waals surface area contributed by atoms with Crippen LogP contribution in [0.4, 0.5) is 4.39 Å². The number of pyridine rings is 2. The van der Waals surface area contributed by atoms with Gasteiger partial charge in [0.05, 0.1) is 5.69 Å². The molecular formula is C26H25FN2. The van der Waals surface area contributed by atoms with Gasteiger partial charge in [-0.15, -0.1) is 0 Å². The van der Waals surface area contributed by atoms with E-state index in [1.54, 1.807) is 12.1 Å². The Balaban J connectivity index is 1.41. The molecule has 0 saturated heterocycles. The van der Waals surface area contributed by atoms with Crippen LogP contribution in [0.3, 0.4) is 0 Å². The van der Waals surface area contributed by atoms with Gasteiger partial charge in [-0.3, -0.25) is 9.97 Å². The van der Waals surface area contributed by atoms with Crippen molar-refractivity contribution in [3.63, 3.8) is 0 Å². The third-order valence-corrected chi connectivity index (χ3v) is 6.59. The second kappa shape index (κ2) is 7.90. The summed E-state index contributed by atoms with van der Waals surface area (Å²) in [4.78, 5) is 9.29. The minimum atomic E-state index is -0.224. The van der Waals surface area contributed by atoms with Crippen LogP contribution < -0.4 is 0 Å². The number of allylic oxidation sites excluding steroid dienone is 1. The molecule has 1 aromatic carbocycles. The lowest BCUT2D eigenvalue weighted by Gasteiger charge is -2.41. The van der Waals surface area contributed by atoms with Crippen LogP contribution in [0.2, 0.25) is 0 Å². The highest BCUT2D eigenvalue weighted by Gasteiger charge is 2.37. The Morgan fingerprint density at radius 2 is 1.86 bits per heavy atom. The van der Waals surface area contributed by atoms with Crippen LogP contribution in [0.5, 0.6) is 0 Å². The predicted molar refractivity (Wildman–Crippen MR) is 115 cm³/mol. The smallest absolute Gasteiger partial charge is 0.123 e. The number of halogens is 1. The van der Waals surface area contributed by atoms with E-state index in [0.717, 1.165) is 29.2 Å². The Hall–Kier alpha value is -2.81. The fraction of sp³-hybridized carbons (Fsp3) is 0.308. The highest BCUT2D eigenvalue weighted by molar-refractivity contribution is 5.63. The summed E-state index contributed by atoms with van der Waals surface area (Å²) in [7, 11) is 0. The van der Waals surface area contributed by atoms with Crippen LogP contribution in [-0.2, 0) is 6.42 Å². The maximum Gasteiger partial charge on any atom is 0.123 e. The number of hydrogen-bond acceptors (Lipinski definition) is 2. The van der Waals surface area contributed by atoms with E-state index in [2.05, 4.69) is 34.3 Å². The predicted octanol–water partition coefficient (Wildman–Crippen LogP) is 6.44. The first-order valence-electron chi connectivity index (χ1n) is 10.6. The van der Waals surface area contributed by atoms with Gasteiger partial charge in [-0.05, 0) is 72.6 Å². The fourth-order valence-corrected chi connectivity index (χ4v) is 5.16. The number of hydrogen-bond donors (Lipinski definition) is 0. The summed E-state index contributed by atoms with van der Waals surface area (Å²) in [5.74, 6) is 1.66. The molecule has 2 aliphatic carbocycles. The van der Waals surface area contributed by atoms with Crippen LogP contribution in [-0.4, -0.2) is 9.97 Å². The molecule has 5 rings (SSSR count). The van der Waals surface area contributed by atoms with E-state index >= 15 is 0 Å². The van der Waals surface area contributed by atoms with Crippen molar-refractivity contribution >= 4 is 6.08 Å². The average Bonchev–Trinajstić information content (AvgIpc) is 2.77. The van der Waals surface area contributed by atoms with Crippen molar-refractivity contribution in [1.29, 1.82) is 0 Å². The molecule has 2 aromatic heterocycles. The lowest BCUT2D eigenvalue weighted by molar-refractivity contribution is 0.200. The van der Waals surface area contributed by atoms with E-state index in [4.69, 9.17) is 0 Å².